The van der Waals surface area contributed by atoms with Gasteiger partial charge in [-0.2, -0.15) is 4.98 Å². The van der Waals surface area contributed by atoms with Gasteiger partial charge in [-0.3, -0.25) is 4.57 Å². The van der Waals surface area contributed by atoms with Crippen LogP contribution in [-0.4, -0.2) is 26.6 Å². The van der Waals surface area contributed by atoms with Crippen LogP contribution < -0.4 is 10.5 Å². The second-order valence-electron chi connectivity index (χ2n) is 4.97. The van der Waals surface area contributed by atoms with Crippen LogP contribution in [0.2, 0.25) is 0 Å². The topological polar surface area (TPSA) is 78.8 Å². The number of nitrogens with zero attached hydrogens (tertiary/aromatic N) is 4. The molecule has 1 fully saturated rings. The Morgan fingerprint density at radius 3 is 2.89 bits per heavy atom. The van der Waals surface area contributed by atoms with Crippen LogP contribution in [0.4, 0.5) is 5.95 Å². The predicted octanol–water partition coefficient (Wildman–Crippen LogP) is 1.78. The summed E-state index contributed by atoms with van der Waals surface area (Å²) in [4.78, 5) is 12.7. The van der Waals surface area contributed by atoms with Crippen LogP contribution in [0.5, 0.6) is 5.88 Å². The van der Waals surface area contributed by atoms with E-state index in [1.807, 2.05) is 4.57 Å². The molecule has 1 saturated carbocycles. The minimum atomic E-state index is 0.393. The fourth-order valence-electron chi connectivity index (χ4n) is 2.83. The van der Waals surface area contributed by atoms with E-state index in [1.165, 1.54) is 12.7 Å². The molecule has 0 amide bonds. The van der Waals surface area contributed by atoms with E-state index in [2.05, 4.69) is 21.9 Å². The molecule has 6 heteroatoms. The molecule has 96 valence electrons. The lowest BCUT2D eigenvalue weighted by Crippen LogP contribution is -2.09. The van der Waals surface area contributed by atoms with Gasteiger partial charge in [0.25, 0.3) is 0 Å². The Morgan fingerprint density at radius 2 is 2.22 bits per heavy atom. The summed E-state index contributed by atoms with van der Waals surface area (Å²) in [5.74, 6) is 1.72. The zero-order valence-electron chi connectivity index (χ0n) is 10.6. The first-order chi connectivity index (χ1) is 8.70. The highest BCUT2D eigenvalue weighted by Gasteiger charge is 2.27. The molecular weight excluding hydrogens is 230 g/mol. The van der Waals surface area contributed by atoms with Gasteiger partial charge in [0, 0.05) is 6.04 Å². The molecule has 0 bridgehead atoms. The average molecular weight is 247 g/mol. The summed E-state index contributed by atoms with van der Waals surface area (Å²) < 4.78 is 7.23. The summed E-state index contributed by atoms with van der Waals surface area (Å²) in [6.45, 7) is 2.27. The summed E-state index contributed by atoms with van der Waals surface area (Å²) in [5.41, 5.74) is 7.46. The molecule has 0 saturated heterocycles. The molecule has 2 heterocycles. The molecule has 1 aliphatic carbocycles. The molecule has 0 aromatic carbocycles. The largest absolute Gasteiger partial charge is 0.479 e. The van der Waals surface area contributed by atoms with Crippen LogP contribution in [0.25, 0.3) is 11.2 Å². The van der Waals surface area contributed by atoms with E-state index in [0.29, 0.717) is 23.4 Å². The fraction of sp³-hybridized carbons (Fsp3) is 0.583. The Morgan fingerprint density at radius 1 is 1.39 bits per heavy atom. The van der Waals surface area contributed by atoms with E-state index in [4.69, 9.17) is 10.5 Å². The number of ether oxygens (including phenoxy) is 1. The van der Waals surface area contributed by atoms with Crippen LogP contribution in [0.15, 0.2) is 6.33 Å². The van der Waals surface area contributed by atoms with Gasteiger partial charge in [-0.15, -0.1) is 0 Å². The van der Waals surface area contributed by atoms with Gasteiger partial charge in [0.15, 0.2) is 11.2 Å². The van der Waals surface area contributed by atoms with Crippen molar-refractivity contribution >= 4 is 17.1 Å². The van der Waals surface area contributed by atoms with Crippen molar-refractivity contribution in [3.05, 3.63) is 6.33 Å². The number of nitrogens with two attached hydrogens (primary N) is 1. The highest BCUT2D eigenvalue weighted by Crippen LogP contribution is 2.38. The highest BCUT2D eigenvalue weighted by atomic mass is 16.5. The molecule has 2 atom stereocenters. The number of hydrogen-bond donors (Lipinski definition) is 1. The molecule has 0 spiro atoms. The molecule has 2 N–H and O–H groups in total. The SMILES string of the molecule is COc1ncnc2c1nc(N)n2C1CCC(C)C1. The summed E-state index contributed by atoms with van der Waals surface area (Å²) in [6, 6.07) is 0.393. The molecule has 2 unspecified atom stereocenters. The van der Waals surface area contributed by atoms with Crippen molar-refractivity contribution in [1.29, 1.82) is 0 Å². The molecule has 18 heavy (non-hydrogen) atoms. The third kappa shape index (κ3) is 1.60. The van der Waals surface area contributed by atoms with Crippen LogP contribution in [0.3, 0.4) is 0 Å². The second-order valence-corrected chi connectivity index (χ2v) is 4.97. The maximum atomic E-state index is 6.03. The third-order valence-corrected chi connectivity index (χ3v) is 3.70. The molecule has 0 aliphatic heterocycles. The van der Waals surface area contributed by atoms with Gasteiger partial charge >= 0.3 is 0 Å². The van der Waals surface area contributed by atoms with Crippen LogP contribution in [0, 0.1) is 5.92 Å². The van der Waals surface area contributed by atoms with Gasteiger partial charge in [0.05, 0.1) is 7.11 Å². The number of aromatic nitrogens is 4. The molecular formula is C12H17N5O. The quantitative estimate of drug-likeness (QED) is 0.875. The van der Waals surface area contributed by atoms with Crippen LogP contribution in [0.1, 0.15) is 32.2 Å². The Hall–Kier alpha value is -1.85. The summed E-state index contributed by atoms with van der Waals surface area (Å²) in [7, 11) is 1.58. The zero-order valence-corrected chi connectivity index (χ0v) is 10.6. The lowest BCUT2D eigenvalue weighted by Gasteiger charge is -2.13. The molecule has 1 aliphatic rings. The Labute approximate surface area is 105 Å². The van der Waals surface area contributed by atoms with Gasteiger partial charge in [0.2, 0.25) is 11.8 Å². The maximum Gasteiger partial charge on any atom is 0.245 e. The maximum absolute atomic E-state index is 6.03. The van der Waals surface area contributed by atoms with E-state index in [-0.39, 0.29) is 0 Å². The number of hydrogen-bond acceptors (Lipinski definition) is 5. The van der Waals surface area contributed by atoms with Gasteiger partial charge in [-0.25, -0.2) is 9.97 Å². The van der Waals surface area contributed by atoms with E-state index in [1.54, 1.807) is 7.11 Å². The molecule has 2 aromatic heterocycles. The average Bonchev–Trinajstić information content (AvgIpc) is 2.91. The minimum absolute atomic E-state index is 0.393. The standard InChI is InChI=1S/C12H17N5O/c1-7-3-4-8(5-7)17-10-9(16-12(17)13)11(18-2)15-6-14-10/h6-8H,3-5H2,1-2H3,(H2,13,16). The number of methoxy groups -OCH3 is 1. The number of anilines is 1. The summed E-state index contributed by atoms with van der Waals surface area (Å²) in [6.07, 6.45) is 4.98. The third-order valence-electron chi connectivity index (χ3n) is 3.70. The van der Waals surface area contributed by atoms with Crippen molar-refractivity contribution < 1.29 is 4.74 Å². The number of fused-ring (bicyclic) bond motifs is 1. The second kappa shape index (κ2) is 4.12. The Kier molecular flexibility index (Phi) is 2.57. The van der Waals surface area contributed by atoms with Crippen LogP contribution >= 0.6 is 0 Å². The van der Waals surface area contributed by atoms with E-state index in [0.717, 1.165) is 24.4 Å². The van der Waals surface area contributed by atoms with Crippen molar-refractivity contribution in [3.63, 3.8) is 0 Å². The van der Waals surface area contributed by atoms with E-state index in [9.17, 15) is 0 Å². The van der Waals surface area contributed by atoms with Crippen molar-refractivity contribution in [2.75, 3.05) is 12.8 Å². The number of imidazole rings is 1. The highest BCUT2D eigenvalue weighted by molar-refractivity contribution is 5.79. The molecule has 3 rings (SSSR count). The number of rotatable bonds is 2. The molecule has 6 nitrogen and oxygen atoms in total. The zero-order chi connectivity index (χ0) is 12.7. The Bertz CT molecular complexity index is 579. The first kappa shape index (κ1) is 11.3. The molecule has 2 aromatic rings. The monoisotopic (exact) mass is 247 g/mol. The molecule has 0 radical (unpaired) electrons. The van der Waals surface area contributed by atoms with E-state index < -0.39 is 0 Å². The van der Waals surface area contributed by atoms with Gasteiger partial charge < -0.3 is 10.5 Å². The normalized spacial score (nSPS) is 23.7. The first-order valence-electron chi connectivity index (χ1n) is 6.23. The lowest BCUT2D eigenvalue weighted by atomic mass is 10.1. The first-order valence-corrected chi connectivity index (χ1v) is 6.23. The fourth-order valence-corrected chi connectivity index (χ4v) is 2.83. The summed E-state index contributed by atoms with van der Waals surface area (Å²) >= 11 is 0. The lowest BCUT2D eigenvalue weighted by molar-refractivity contribution is 0.401. The number of nitrogen functional groups attached to an aromatic ring is 1. The Balaban J connectivity index is 2.14. The predicted molar refractivity (Wildman–Crippen MR) is 68.3 cm³/mol. The van der Waals surface area contributed by atoms with Crippen molar-refractivity contribution in [1.82, 2.24) is 19.5 Å². The van der Waals surface area contributed by atoms with E-state index >= 15 is 0 Å². The van der Waals surface area contributed by atoms with Gasteiger partial charge in [0.1, 0.15) is 6.33 Å². The van der Waals surface area contributed by atoms with Crippen molar-refractivity contribution in [2.24, 2.45) is 5.92 Å². The minimum Gasteiger partial charge on any atom is -0.479 e. The van der Waals surface area contributed by atoms with Gasteiger partial charge in [-0.1, -0.05) is 6.92 Å². The van der Waals surface area contributed by atoms with Crippen molar-refractivity contribution in [3.8, 4) is 5.88 Å². The van der Waals surface area contributed by atoms with Gasteiger partial charge in [-0.05, 0) is 25.2 Å². The van der Waals surface area contributed by atoms with Crippen LogP contribution in [-0.2, 0) is 0 Å². The smallest absolute Gasteiger partial charge is 0.245 e. The van der Waals surface area contributed by atoms with Crippen molar-refractivity contribution in [2.45, 2.75) is 32.2 Å². The summed E-state index contributed by atoms with van der Waals surface area (Å²) in [5, 5.41) is 0.